The maximum Gasteiger partial charge on any atom is 0.0632 e. The smallest absolute Gasteiger partial charge is 0.0632 e. The van der Waals surface area contributed by atoms with Gasteiger partial charge in [-0.05, 0) is 15.9 Å². The Hall–Kier alpha value is -0.310. The van der Waals surface area contributed by atoms with Gasteiger partial charge in [0.25, 0.3) is 0 Å². The minimum absolute atomic E-state index is 1.02. The predicted molar refractivity (Wildman–Crippen MR) is 30.9 cm³/mol. The Morgan fingerprint density at radius 3 is 2.71 bits per heavy atom. The molecular formula is C4H5BrN2. The maximum absolute atomic E-state index is 3.89. The monoisotopic (exact) mass is 162 g/mol. The quantitative estimate of drug-likeness (QED) is 0.561. The van der Waals surface area contributed by atoms with Gasteiger partial charge in [-0.25, -0.2) is 0 Å². The summed E-state index contributed by atoms with van der Waals surface area (Å²) in [4.78, 5) is 0. The van der Waals surface area contributed by atoms with Gasteiger partial charge < -0.3 is 0 Å². The number of halogens is 1. The maximum atomic E-state index is 3.89. The molecule has 1 aromatic heterocycles. The molecule has 2 nitrogen and oxygen atoms in total. The Morgan fingerprint density at radius 2 is 2.57 bits per heavy atom. The van der Waals surface area contributed by atoms with Gasteiger partial charge in [-0.1, -0.05) is 0 Å². The lowest BCUT2D eigenvalue weighted by Gasteiger charge is -1.77. The molecule has 0 saturated carbocycles. The number of nitrogens with zero attached hydrogens (tertiary/aromatic N) is 2. The van der Waals surface area contributed by atoms with E-state index in [-0.39, 0.29) is 0 Å². The van der Waals surface area contributed by atoms with Crippen molar-refractivity contribution in [3.63, 3.8) is 0 Å². The average Bonchev–Trinajstić information content (AvgIpc) is 1.87. The lowest BCUT2D eigenvalue weighted by atomic mass is 11.2. The Balaban J connectivity index is 3.04. The number of hydrogen-bond acceptors (Lipinski definition) is 1. The fraction of sp³-hybridized carbons (Fsp3) is 0.250. The molecule has 0 aliphatic carbocycles. The van der Waals surface area contributed by atoms with Crippen LogP contribution in [0.4, 0.5) is 0 Å². The van der Waals surface area contributed by atoms with Crippen LogP contribution in [-0.4, -0.2) is 9.78 Å². The molecule has 0 saturated heterocycles. The second-order valence-corrected chi connectivity index (χ2v) is 2.25. The van der Waals surface area contributed by atoms with Gasteiger partial charge in [-0.3, -0.25) is 4.68 Å². The molecule has 7 heavy (non-hydrogen) atoms. The van der Waals surface area contributed by atoms with Crippen molar-refractivity contribution in [1.82, 2.24) is 9.78 Å². The van der Waals surface area contributed by atoms with Crippen LogP contribution in [-0.2, 0) is 7.05 Å². The molecule has 0 aliphatic rings. The van der Waals surface area contributed by atoms with Gasteiger partial charge in [-0.2, -0.15) is 5.10 Å². The molecule has 0 aliphatic heterocycles. The normalized spacial score (nSPS) is 9.43. The zero-order chi connectivity index (χ0) is 5.28. The van der Waals surface area contributed by atoms with Crippen molar-refractivity contribution in [3.8, 4) is 0 Å². The van der Waals surface area contributed by atoms with Crippen LogP contribution in [0.25, 0.3) is 0 Å². The molecule has 3 heteroatoms. The molecule has 0 aromatic carbocycles. The van der Waals surface area contributed by atoms with Crippen LogP contribution in [0.1, 0.15) is 0 Å². The third-order valence-electron chi connectivity index (χ3n) is 0.673. The van der Waals surface area contributed by atoms with Crippen LogP contribution in [0.2, 0.25) is 0 Å². The van der Waals surface area contributed by atoms with Crippen LogP contribution in [0.3, 0.4) is 0 Å². The molecule has 0 spiro atoms. The summed E-state index contributed by atoms with van der Waals surface area (Å²) in [5.41, 5.74) is 0. The van der Waals surface area contributed by atoms with Crippen molar-refractivity contribution in [1.29, 1.82) is 0 Å². The fourth-order valence-corrected chi connectivity index (χ4v) is 0.779. The van der Waals surface area contributed by atoms with E-state index in [1.54, 1.807) is 10.9 Å². The molecular weight excluding hydrogens is 158 g/mol. The van der Waals surface area contributed by atoms with Gasteiger partial charge in [0.1, 0.15) is 0 Å². The van der Waals surface area contributed by atoms with Gasteiger partial charge >= 0.3 is 0 Å². The first-order valence-corrected chi connectivity index (χ1v) is 2.72. The second-order valence-electron chi connectivity index (χ2n) is 1.33. The third kappa shape index (κ3) is 1.03. The molecule has 0 N–H and O–H groups in total. The highest BCUT2D eigenvalue weighted by Gasteiger charge is 1.83. The predicted octanol–water partition coefficient (Wildman–Crippen LogP) is 1.18. The standard InChI is InChI=1S/C4H5BrN2/c1-7-3-4(5)2-6-7/h2-3H,1H3/i2+1,3+1. The number of aryl methyl sites for hydroxylation is 1. The summed E-state index contributed by atoms with van der Waals surface area (Å²) in [5, 5.41) is 3.89. The summed E-state index contributed by atoms with van der Waals surface area (Å²) in [6.07, 6.45) is 3.64. The van der Waals surface area contributed by atoms with Crippen molar-refractivity contribution in [2.24, 2.45) is 7.05 Å². The second kappa shape index (κ2) is 1.66. The van der Waals surface area contributed by atoms with Gasteiger partial charge in [0.05, 0.1) is 10.7 Å². The van der Waals surface area contributed by atoms with Crippen molar-refractivity contribution in [3.05, 3.63) is 16.9 Å². The number of hydrogen-bond donors (Lipinski definition) is 0. The Kier molecular flexibility index (Phi) is 1.15. The van der Waals surface area contributed by atoms with Gasteiger partial charge in [0, 0.05) is 13.2 Å². The van der Waals surface area contributed by atoms with Gasteiger partial charge in [0.2, 0.25) is 0 Å². The number of aromatic nitrogens is 2. The Morgan fingerprint density at radius 1 is 1.86 bits per heavy atom. The summed E-state index contributed by atoms with van der Waals surface area (Å²) < 4.78 is 2.76. The molecule has 0 fully saturated rings. The SMILES string of the molecule is Cn1[13cH]c(Br)[13cH]n1. The fourth-order valence-electron chi connectivity index (χ4n) is 0.391. The summed E-state index contributed by atoms with van der Waals surface area (Å²) in [6, 6.07) is 0. The lowest BCUT2D eigenvalue weighted by Crippen LogP contribution is -1.83. The zero-order valence-corrected chi connectivity index (χ0v) is 5.51. The Labute approximate surface area is 50.3 Å². The van der Waals surface area contributed by atoms with Gasteiger partial charge in [0.15, 0.2) is 0 Å². The van der Waals surface area contributed by atoms with Gasteiger partial charge in [-0.15, -0.1) is 0 Å². The highest BCUT2D eigenvalue weighted by atomic mass is 79.9. The molecule has 1 aromatic rings. The molecule has 1 rings (SSSR count). The molecule has 0 atom stereocenters. The third-order valence-corrected chi connectivity index (χ3v) is 1.08. The lowest BCUT2D eigenvalue weighted by molar-refractivity contribution is 0.767. The first kappa shape index (κ1) is 4.84. The largest absolute Gasteiger partial charge is 0.275 e. The highest BCUT2D eigenvalue weighted by Crippen LogP contribution is 2.03. The van der Waals surface area contributed by atoms with Crippen molar-refractivity contribution >= 4 is 15.9 Å². The summed E-state index contributed by atoms with van der Waals surface area (Å²) in [5.74, 6) is 0. The summed E-state index contributed by atoms with van der Waals surface area (Å²) in [6.45, 7) is 0. The molecule has 0 radical (unpaired) electrons. The molecule has 0 unspecified atom stereocenters. The first-order valence-electron chi connectivity index (χ1n) is 1.93. The van der Waals surface area contributed by atoms with Crippen molar-refractivity contribution < 1.29 is 0 Å². The van der Waals surface area contributed by atoms with E-state index in [0.29, 0.717) is 0 Å². The first-order chi connectivity index (χ1) is 3.29. The van der Waals surface area contributed by atoms with E-state index in [4.69, 9.17) is 0 Å². The van der Waals surface area contributed by atoms with E-state index in [1.807, 2.05) is 13.2 Å². The topological polar surface area (TPSA) is 17.8 Å². The van der Waals surface area contributed by atoms with Crippen LogP contribution in [0.15, 0.2) is 16.9 Å². The van der Waals surface area contributed by atoms with E-state index in [1.165, 1.54) is 0 Å². The van der Waals surface area contributed by atoms with E-state index in [0.717, 1.165) is 4.47 Å². The van der Waals surface area contributed by atoms with Crippen LogP contribution in [0, 0.1) is 0 Å². The van der Waals surface area contributed by atoms with E-state index < -0.39 is 0 Å². The minimum atomic E-state index is 1.02. The van der Waals surface area contributed by atoms with Crippen LogP contribution < -0.4 is 0 Å². The summed E-state index contributed by atoms with van der Waals surface area (Å²) in [7, 11) is 1.88. The molecule has 0 amide bonds. The van der Waals surface area contributed by atoms with Crippen molar-refractivity contribution in [2.45, 2.75) is 0 Å². The highest BCUT2D eigenvalue weighted by molar-refractivity contribution is 9.10. The van der Waals surface area contributed by atoms with E-state index in [9.17, 15) is 0 Å². The van der Waals surface area contributed by atoms with Crippen LogP contribution in [0.5, 0.6) is 0 Å². The summed E-state index contributed by atoms with van der Waals surface area (Å²) >= 11 is 3.25. The van der Waals surface area contributed by atoms with Crippen LogP contribution >= 0.6 is 15.9 Å². The minimum Gasteiger partial charge on any atom is -0.275 e. The molecule has 38 valence electrons. The molecule has 0 bridgehead atoms. The van der Waals surface area contributed by atoms with E-state index >= 15 is 0 Å². The average molecular weight is 163 g/mol. The van der Waals surface area contributed by atoms with Crippen molar-refractivity contribution in [2.75, 3.05) is 0 Å². The number of rotatable bonds is 0. The molecule has 1 heterocycles. The Bertz CT molecular complexity index is 142. The zero-order valence-electron chi connectivity index (χ0n) is 3.93. The van der Waals surface area contributed by atoms with E-state index in [2.05, 4.69) is 21.0 Å².